The minimum absolute atomic E-state index is 0.00536. The normalized spacial score (nSPS) is 16.9. The maximum Gasteiger partial charge on any atom is 0.268 e. The average molecular weight is 554 g/mol. The standard InChI is InChI=1S/C30H36FN3O4S/c1-19(2)18-38-24-14-22(13-23(31)15-24)27-11-10-26(28(32-27)34-17-21(4)16-30(34,5)6)29(35)33-39(36,37)25-9-7-8-20(3)12-25/h7-15,19,21H,16-18H2,1-6H3,(H,33,35). The van der Waals surface area contributed by atoms with Gasteiger partial charge in [-0.05, 0) is 81.0 Å². The summed E-state index contributed by atoms with van der Waals surface area (Å²) in [6, 6.07) is 13.9. The van der Waals surface area contributed by atoms with E-state index in [4.69, 9.17) is 9.72 Å². The summed E-state index contributed by atoms with van der Waals surface area (Å²) in [5, 5.41) is 0. The molecule has 1 saturated heterocycles. The lowest BCUT2D eigenvalue weighted by atomic mass is 9.97. The summed E-state index contributed by atoms with van der Waals surface area (Å²) in [6.07, 6.45) is 0.870. The molecule has 1 atom stereocenters. The predicted molar refractivity (Wildman–Crippen MR) is 151 cm³/mol. The highest BCUT2D eigenvalue weighted by atomic mass is 32.2. The molecule has 208 valence electrons. The van der Waals surface area contributed by atoms with E-state index in [9.17, 15) is 17.6 Å². The number of nitrogens with one attached hydrogen (secondary N) is 1. The van der Waals surface area contributed by atoms with E-state index < -0.39 is 21.7 Å². The Kier molecular flexibility index (Phi) is 8.02. The number of pyridine rings is 1. The van der Waals surface area contributed by atoms with Gasteiger partial charge in [0.25, 0.3) is 15.9 Å². The van der Waals surface area contributed by atoms with E-state index in [0.29, 0.717) is 41.9 Å². The van der Waals surface area contributed by atoms with Gasteiger partial charge in [0.1, 0.15) is 17.4 Å². The van der Waals surface area contributed by atoms with Gasteiger partial charge in [-0.2, -0.15) is 0 Å². The minimum Gasteiger partial charge on any atom is -0.493 e. The molecule has 2 aromatic carbocycles. The zero-order valence-electron chi connectivity index (χ0n) is 23.3. The van der Waals surface area contributed by atoms with Gasteiger partial charge in [0.2, 0.25) is 0 Å². The molecule has 0 aliphatic carbocycles. The van der Waals surface area contributed by atoms with Crippen molar-refractivity contribution >= 4 is 21.7 Å². The summed E-state index contributed by atoms with van der Waals surface area (Å²) in [4.78, 5) is 20.3. The molecule has 0 radical (unpaired) electrons. The largest absolute Gasteiger partial charge is 0.493 e. The van der Waals surface area contributed by atoms with Crippen LogP contribution in [0.3, 0.4) is 0 Å². The van der Waals surface area contributed by atoms with Crippen LogP contribution < -0.4 is 14.4 Å². The van der Waals surface area contributed by atoms with Crippen molar-refractivity contribution in [2.45, 2.75) is 58.4 Å². The van der Waals surface area contributed by atoms with Gasteiger partial charge in [-0.1, -0.05) is 32.9 Å². The molecule has 1 fully saturated rings. The Morgan fingerprint density at radius 2 is 1.92 bits per heavy atom. The summed E-state index contributed by atoms with van der Waals surface area (Å²) in [5.41, 5.74) is 1.51. The molecule has 1 aliphatic rings. The van der Waals surface area contributed by atoms with Crippen LogP contribution in [0.15, 0.2) is 59.5 Å². The van der Waals surface area contributed by atoms with E-state index in [1.807, 2.05) is 18.7 Å². The van der Waals surface area contributed by atoms with Gasteiger partial charge in [0.05, 0.1) is 22.8 Å². The number of benzene rings is 2. The van der Waals surface area contributed by atoms with E-state index in [0.717, 1.165) is 12.0 Å². The molecule has 0 saturated carbocycles. The molecule has 0 spiro atoms. The van der Waals surface area contributed by atoms with Crippen LogP contribution in [-0.2, 0) is 10.0 Å². The van der Waals surface area contributed by atoms with Crippen LogP contribution >= 0.6 is 0 Å². The van der Waals surface area contributed by atoms with Crippen LogP contribution in [0.25, 0.3) is 11.3 Å². The van der Waals surface area contributed by atoms with E-state index in [1.54, 1.807) is 37.3 Å². The lowest BCUT2D eigenvalue weighted by molar-refractivity contribution is 0.0981. The number of hydrogen-bond acceptors (Lipinski definition) is 6. The maximum atomic E-state index is 14.5. The Bertz CT molecular complexity index is 1490. The first-order chi connectivity index (χ1) is 18.2. The van der Waals surface area contributed by atoms with Crippen LogP contribution in [0, 0.1) is 24.6 Å². The lowest BCUT2D eigenvalue weighted by Crippen LogP contribution is -2.41. The first-order valence-electron chi connectivity index (χ1n) is 13.1. The topological polar surface area (TPSA) is 88.6 Å². The van der Waals surface area contributed by atoms with Crippen molar-refractivity contribution in [1.82, 2.24) is 9.71 Å². The molecule has 1 aliphatic heterocycles. The highest BCUT2D eigenvalue weighted by Crippen LogP contribution is 2.38. The molecule has 1 unspecified atom stereocenters. The molecule has 1 N–H and O–H groups in total. The second kappa shape index (κ2) is 11.0. The molecule has 7 nitrogen and oxygen atoms in total. The zero-order chi connectivity index (χ0) is 28.5. The van der Waals surface area contributed by atoms with Crippen LogP contribution in [0.1, 0.15) is 57.0 Å². The molecule has 9 heteroatoms. The Hall–Kier alpha value is -3.46. The Morgan fingerprint density at radius 1 is 1.18 bits per heavy atom. The van der Waals surface area contributed by atoms with Crippen LogP contribution in [0.2, 0.25) is 0 Å². The second-order valence-electron chi connectivity index (χ2n) is 11.4. The Morgan fingerprint density at radius 3 is 2.56 bits per heavy atom. The molecule has 0 bridgehead atoms. The summed E-state index contributed by atoms with van der Waals surface area (Å²) >= 11 is 0. The van der Waals surface area contributed by atoms with Gasteiger partial charge < -0.3 is 9.64 Å². The second-order valence-corrected chi connectivity index (χ2v) is 13.1. The van der Waals surface area contributed by atoms with Gasteiger partial charge in [-0.25, -0.2) is 22.5 Å². The third-order valence-corrected chi connectivity index (χ3v) is 8.05. The number of sulfonamides is 1. The number of anilines is 1. The van der Waals surface area contributed by atoms with Crippen molar-refractivity contribution in [3.05, 3.63) is 71.5 Å². The zero-order valence-corrected chi connectivity index (χ0v) is 24.1. The smallest absolute Gasteiger partial charge is 0.268 e. The summed E-state index contributed by atoms with van der Waals surface area (Å²) in [7, 11) is -4.11. The summed E-state index contributed by atoms with van der Waals surface area (Å²) in [5.74, 6) is 0.116. The molecular formula is C30H36FN3O4S. The number of ether oxygens (including phenoxy) is 1. The number of halogens is 1. The SMILES string of the molecule is Cc1cccc(S(=O)(=O)NC(=O)c2ccc(-c3cc(F)cc(OCC(C)C)c3)nc2N2CC(C)CC2(C)C)c1. The molecule has 1 aromatic heterocycles. The molecule has 2 heterocycles. The average Bonchev–Trinajstić information content (AvgIpc) is 3.13. The number of amides is 1. The Labute approximate surface area is 230 Å². The van der Waals surface area contributed by atoms with Gasteiger partial charge >= 0.3 is 0 Å². The van der Waals surface area contributed by atoms with Crippen molar-refractivity contribution in [2.75, 3.05) is 18.1 Å². The summed E-state index contributed by atoms with van der Waals surface area (Å²) in [6.45, 7) is 13.1. The van der Waals surface area contributed by atoms with Crippen LogP contribution in [-0.4, -0.2) is 38.0 Å². The third-order valence-electron chi connectivity index (χ3n) is 6.73. The number of aryl methyl sites for hydroxylation is 1. The highest BCUT2D eigenvalue weighted by Gasteiger charge is 2.39. The van der Waals surface area contributed by atoms with Gasteiger partial charge in [0, 0.05) is 23.7 Å². The number of nitrogens with zero attached hydrogens (tertiary/aromatic N) is 2. The lowest BCUT2D eigenvalue weighted by Gasteiger charge is -2.34. The molecule has 4 rings (SSSR count). The molecular weight excluding hydrogens is 517 g/mol. The van der Waals surface area contributed by atoms with Crippen molar-refractivity contribution in [2.24, 2.45) is 11.8 Å². The van der Waals surface area contributed by atoms with Gasteiger partial charge in [-0.3, -0.25) is 4.79 Å². The fourth-order valence-corrected chi connectivity index (χ4v) is 6.10. The van der Waals surface area contributed by atoms with Gasteiger partial charge in [0.15, 0.2) is 0 Å². The van der Waals surface area contributed by atoms with E-state index >= 15 is 0 Å². The number of carbonyl (C=O) groups excluding carboxylic acids is 1. The first-order valence-corrected chi connectivity index (χ1v) is 14.6. The van der Waals surface area contributed by atoms with Crippen LogP contribution in [0.4, 0.5) is 10.2 Å². The van der Waals surface area contributed by atoms with E-state index in [2.05, 4.69) is 25.5 Å². The Balaban J connectivity index is 1.76. The molecule has 1 amide bonds. The van der Waals surface area contributed by atoms with Crippen molar-refractivity contribution in [1.29, 1.82) is 0 Å². The third kappa shape index (κ3) is 6.58. The number of aromatic nitrogens is 1. The quantitative estimate of drug-likeness (QED) is 0.370. The van der Waals surface area contributed by atoms with Crippen molar-refractivity contribution < 1.29 is 22.3 Å². The number of carbonyl (C=O) groups is 1. The van der Waals surface area contributed by atoms with Crippen molar-refractivity contribution in [3.8, 4) is 17.0 Å². The van der Waals surface area contributed by atoms with Crippen molar-refractivity contribution in [3.63, 3.8) is 0 Å². The van der Waals surface area contributed by atoms with E-state index in [1.165, 1.54) is 24.3 Å². The van der Waals surface area contributed by atoms with E-state index in [-0.39, 0.29) is 21.9 Å². The minimum atomic E-state index is -4.11. The van der Waals surface area contributed by atoms with Crippen LogP contribution in [0.5, 0.6) is 5.75 Å². The monoisotopic (exact) mass is 553 g/mol. The fraction of sp³-hybridized carbons (Fsp3) is 0.400. The van der Waals surface area contributed by atoms with Gasteiger partial charge in [-0.15, -0.1) is 0 Å². The highest BCUT2D eigenvalue weighted by molar-refractivity contribution is 7.90. The first kappa shape index (κ1) is 28.5. The number of hydrogen-bond donors (Lipinski definition) is 1. The molecule has 3 aromatic rings. The predicted octanol–water partition coefficient (Wildman–Crippen LogP) is 5.97. The maximum absolute atomic E-state index is 14.5. The fourth-order valence-electron chi connectivity index (χ4n) is 5.03. The molecule has 39 heavy (non-hydrogen) atoms. The summed E-state index contributed by atoms with van der Waals surface area (Å²) < 4.78 is 48.6. The number of rotatable bonds is 8.